The number of phenols is 3. The van der Waals surface area contributed by atoms with Crippen LogP contribution in [0, 0.1) is 0 Å². The van der Waals surface area contributed by atoms with Crippen LogP contribution in [-0.2, 0) is 12.8 Å². The number of rotatable bonds is 7. The van der Waals surface area contributed by atoms with Crippen molar-refractivity contribution in [2.24, 2.45) is 0 Å². The molecule has 2 aromatic carbocycles. The first kappa shape index (κ1) is 13.5. The SMILES string of the molecule is Cl.[2H]C([2H])(NC(C)CCc1ccc(O)cc1)C([2H])([2H])c1ccc(O)c(O)c1. The van der Waals surface area contributed by atoms with Gasteiger partial charge in [-0.3, -0.25) is 0 Å². The van der Waals surface area contributed by atoms with E-state index in [1.807, 2.05) is 0 Å². The van der Waals surface area contributed by atoms with Gasteiger partial charge in [0.05, 0.1) is 0 Å². The highest BCUT2D eigenvalue weighted by atomic mass is 35.5. The lowest BCUT2D eigenvalue weighted by molar-refractivity contribution is 0.403. The number of benzene rings is 2. The van der Waals surface area contributed by atoms with Gasteiger partial charge in [-0.25, -0.2) is 0 Å². The maximum Gasteiger partial charge on any atom is 0.157 e. The first-order valence-electron chi connectivity index (χ1n) is 9.11. The third-order valence-electron chi connectivity index (χ3n) is 3.30. The first-order valence-corrected chi connectivity index (χ1v) is 7.11. The number of hydrogen-bond donors (Lipinski definition) is 4. The minimum absolute atomic E-state index is 0. The first-order chi connectivity index (χ1) is 12.0. The van der Waals surface area contributed by atoms with Gasteiger partial charge in [0, 0.05) is 11.5 Å². The molecule has 2 aromatic rings. The summed E-state index contributed by atoms with van der Waals surface area (Å²) < 4.78 is 32.6. The van der Waals surface area contributed by atoms with Gasteiger partial charge in [0.2, 0.25) is 0 Å². The van der Waals surface area contributed by atoms with Crippen molar-refractivity contribution in [3.05, 3.63) is 53.6 Å². The summed E-state index contributed by atoms with van der Waals surface area (Å²) in [4.78, 5) is 0. The number of aromatic hydroxyl groups is 3. The number of phenolic OH excluding ortho intramolecular Hbond substituents is 3. The molecule has 0 fully saturated rings. The van der Waals surface area contributed by atoms with Crippen LogP contribution in [0.4, 0.5) is 0 Å². The Balaban J connectivity index is 0.00000364. The summed E-state index contributed by atoms with van der Waals surface area (Å²) in [6.45, 7) is -0.632. The van der Waals surface area contributed by atoms with Crippen LogP contribution in [0.25, 0.3) is 0 Å². The van der Waals surface area contributed by atoms with E-state index >= 15 is 0 Å². The van der Waals surface area contributed by atoms with E-state index in [9.17, 15) is 15.3 Å². The van der Waals surface area contributed by atoms with Gasteiger partial charge in [-0.15, -0.1) is 12.4 Å². The molecule has 0 aliphatic rings. The van der Waals surface area contributed by atoms with Crippen molar-refractivity contribution in [3.8, 4) is 17.2 Å². The van der Waals surface area contributed by atoms with E-state index < -0.39 is 18.6 Å². The zero-order chi connectivity index (χ0) is 19.5. The lowest BCUT2D eigenvalue weighted by Crippen LogP contribution is -2.28. The van der Waals surface area contributed by atoms with E-state index in [0.29, 0.717) is 12.8 Å². The Bertz CT molecular complexity index is 757. The van der Waals surface area contributed by atoms with E-state index in [0.717, 1.165) is 17.7 Å². The summed E-state index contributed by atoms with van der Waals surface area (Å²) in [5.74, 6) is -0.704. The van der Waals surface area contributed by atoms with Gasteiger partial charge in [0.15, 0.2) is 11.5 Å². The molecule has 4 N–H and O–H groups in total. The van der Waals surface area contributed by atoms with Crippen molar-refractivity contribution in [2.75, 3.05) is 6.50 Å². The Kier molecular flexibility index (Phi) is 5.46. The third kappa shape index (κ3) is 6.38. The molecule has 126 valence electrons. The number of nitrogens with one attached hydrogen (secondary N) is 1. The normalized spacial score (nSPS) is 15.5. The monoisotopic (exact) mass is 341 g/mol. The summed E-state index contributed by atoms with van der Waals surface area (Å²) in [6, 6.07) is 9.83. The maximum atomic E-state index is 9.56. The van der Waals surface area contributed by atoms with Gasteiger partial charge in [0.25, 0.3) is 0 Å². The van der Waals surface area contributed by atoms with Gasteiger partial charge < -0.3 is 20.6 Å². The zero-order valence-corrected chi connectivity index (χ0v) is 13.6. The summed E-state index contributed by atoms with van der Waals surface area (Å²) in [5, 5.41) is 30.9. The molecule has 1 unspecified atom stereocenters. The van der Waals surface area contributed by atoms with Gasteiger partial charge in [-0.2, -0.15) is 0 Å². The molecule has 5 heteroatoms. The second-order valence-corrected chi connectivity index (χ2v) is 5.20. The van der Waals surface area contributed by atoms with Crippen molar-refractivity contribution in [1.82, 2.24) is 5.32 Å². The van der Waals surface area contributed by atoms with Crippen molar-refractivity contribution in [2.45, 2.75) is 32.2 Å². The molecule has 0 aliphatic carbocycles. The molecule has 0 amide bonds. The summed E-state index contributed by atoms with van der Waals surface area (Å²) in [7, 11) is 0. The van der Waals surface area contributed by atoms with E-state index in [1.165, 1.54) is 6.07 Å². The molecular weight excluding hydrogens is 314 g/mol. The minimum Gasteiger partial charge on any atom is -0.508 e. The third-order valence-corrected chi connectivity index (χ3v) is 3.30. The van der Waals surface area contributed by atoms with E-state index in [1.54, 1.807) is 31.2 Å². The molecule has 4 nitrogen and oxygen atoms in total. The highest BCUT2D eigenvalue weighted by Gasteiger charge is 2.04. The lowest BCUT2D eigenvalue weighted by Gasteiger charge is -2.14. The Hall–Kier alpha value is -1.91. The fourth-order valence-electron chi connectivity index (χ4n) is 1.95. The highest BCUT2D eigenvalue weighted by molar-refractivity contribution is 5.85. The van der Waals surface area contributed by atoms with Crippen LogP contribution in [0.1, 0.15) is 30.0 Å². The van der Waals surface area contributed by atoms with Crippen LogP contribution >= 0.6 is 12.4 Å². The second-order valence-electron chi connectivity index (χ2n) is 5.20. The van der Waals surface area contributed by atoms with Gasteiger partial charge in [-0.1, -0.05) is 18.2 Å². The summed E-state index contributed by atoms with van der Waals surface area (Å²) >= 11 is 0. The molecule has 0 aliphatic heterocycles. The maximum absolute atomic E-state index is 9.56. The quantitative estimate of drug-likeness (QED) is 0.583. The largest absolute Gasteiger partial charge is 0.508 e. The molecule has 0 saturated carbocycles. The van der Waals surface area contributed by atoms with Gasteiger partial charge in [0.1, 0.15) is 5.75 Å². The molecule has 0 aromatic heterocycles. The van der Waals surface area contributed by atoms with Crippen LogP contribution in [0.15, 0.2) is 42.5 Å². The molecule has 0 saturated heterocycles. The predicted molar refractivity (Wildman–Crippen MR) is 94.6 cm³/mol. The minimum atomic E-state index is -2.43. The van der Waals surface area contributed by atoms with E-state index in [-0.39, 0.29) is 35.5 Å². The highest BCUT2D eigenvalue weighted by Crippen LogP contribution is 2.24. The molecule has 0 heterocycles. The predicted octanol–water partition coefficient (Wildman–Crippen LogP) is 3.38. The average Bonchev–Trinajstić information content (AvgIpc) is 2.56. The zero-order valence-electron chi connectivity index (χ0n) is 16.8. The Labute approximate surface area is 148 Å². The van der Waals surface area contributed by atoms with E-state index in [2.05, 4.69) is 5.32 Å². The smallest absolute Gasteiger partial charge is 0.157 e. The van der Waals surface area contributed by atoms with Crippen LogP contribution in [0.2, 0.25) is 0 Å². The second kappa shape index (κ2) is 9.28. The molecule has 1 atom stereocenters. The van der Waals surface area contributed by atoms with Crippen molar-refractivity contribution in [1.29, 1.82) is 0 Å². The van der Waals surface area contributed by atoms with Crippen LogP contribution in [-0.4, -0.2) is 27.9 Å². The Morgan fingerprint density at radius 3 is 2.30 bits per heavy atom. The van der Waals surface area contributed by atoms with Crippen molar-refractivity contribution in [3.63, 3.8) is 0 Å². The molecule has 0 spiro atoms. The standard InChI is InChI=1S/C18H23NO3.ClH/c1-13(2-3-14-4-7-16(20)8-5-14)19-11-10-15-6-9-17(21)18(22)12-15;/h4-9,12-13,19-22H,2-3,10-11H2,1H3;1H/i10D2,11D2;. The van der Waals surface area contributed by atoms with E-state index in [4.69, 9.17) is 5.48 Å². The van der Waals surface area contributed by atoms with Gasteiger partial charge in [-0.05, 0) is 68.0 Å². The average molecular weight is 342 g/mol. The molecular formula is C18H24ClNO3. The fraction of sp³-hybridized carbons (Fsp3) is 0.333. The molecule has 23 heavy (non-hydrogen) atoms. The van der Waals surface area contributed by atoms with Crippen LogP contribution in [0.3, 0.4) is 0 Å². The van der Waals surface area contributed by atoms with Crippen LogP contribution in [0.5, 0.6) is 17.2 Å². The molecule has 0 bridgehead atoms. The number of aryl methyl sites for hydroxylation is 2. The Morgan fingerprint density at radius 2 is 1.65 bits per heavy atom. The number of hydrogen-bond acceptors (Lipinski definition) is 4. The summed E-state index contributed by atoms with van der Waals surface area (Å²) in [6.07, 6.45) is -1.21. The molecule has 2 rings (SSSR count). The van der Waals surface area contributed by atoms with Crippen molar-refractivity contribution >= 4 is 12.4 Å². The molecule has 0 radical (unpaired) electrons. The lowest BCUT2D eigenvalue weighted by atomic mass is 10.1. The Morgan fingerprint density at radius 1 is 1.00 bits per heavy atom. The summed E-state index contributed by atoms with van der Waals surface area (Å²) in [5.41, 5.74) is 0.916. The van der Waals surface area contributed by atoms with Crippen molar-refractivity contribution < 1.29 is 20.8 Å². The van der Waals surface area contributed by atoms with Gasteiger partial charge >= 0.3 is 0 Å². The fourth-order valence-corrected chi connectivity index (χ4v) is 1.95. The number of halogens is 1. The topological polar surface area (TPSA) is 72.7 Å². The van der Waals surface area contributed by atoms with Crippen LogP contribution < -0.4 is 5.32 Å².